The van der Waals surface area contributed by atoms with Crippen LogP contribution >= 0.6 is 0 Å². The van der Waals surface area contributed by atoms with E-state index in [9.17, 15) is 9.59 Å². The Bertz CT molecular complexity index is 1000. The summed E-state index contributed by atoms with van der Waals surface area (Å²) in [5.74, 6) is 1.15. The highest BCUT2D eigenvalue weighted by Gasteiger charge is 2.16. The Hall–Kier alpha value is -3.15. The second-order valence-corrected chi connectivity index (χ2v) is 5.66. The number of carbonyl (C=O) groups is 1. The summed E-state index contributed by atoms with van der Waals surface area (Å²) in [5.41, 5.74) is 1.18. The molecule has 0 bridgehead atoms. The summed E-state index contributed by atoms with van der Waals surface area (Å²) in [4.78, 5) is 29.0. The van der Waals surface area contributed by atoms with Crippen LogP contribution in [-0.4, -0.2) is 15.5 Å². The minimum Gasteiger partial charge on any atom is -0.465 e. The summed E-state index contributed by atoms with van der Waals surface area (Å²) in [7, 11) is 0. The smallest absolute Gasteiger partial charge is 0.261 e. The lowest BCUT2D eigenvalue weighted by molar-refractivity contribution is -0.111. The molecule has 0 spiro atoms. The molecule has 2 aromatic heterocycles. The molecule has 0 saturated carbocycles. The van der Waals surface area contributed by atoms with Crippen molar-refractivity contribution in [3.8, 4) is 0 Å². The van der Waals surface area contributed by atoms with Crippen molar-refractivity contribution in [1.82, 2.24) is 9.55 Å². The third kappa shape index (κ3) is 2.62. The van der Waals surface area contributed by atoms with E-state index in [1.165, 1.54) is 6.08 Å². The number of aromatic nitrogens is 2. The van der Waals surface area contributed by atoms with Gasteiger partial charge in [-0.2, -0.15) is 0 Å². The molecule has 6 nitrogen and oxygen atoms in total. The Labute approximate surface area is 137 Å². The van der Waals surface area contributed by atoms with Gasteiger partial charge >= 0.3 is 0 Å². The number of nitrogens with one attached hydrogen (secondary N) is 1. The van der Waals surface area contributed by atoms with E-state index in [4.69, 9.17) is 4.42 Å². The van der Waals surface area contributed by atoms with Gasteiger partial charge in [0, 0.05) is 24.7 Å². The summed E-state index contributed by atoms with van der Waals surface area (Å²) < 4.78 is 6.84. The number of carbonyl (C=O) groups excluding carboxylic acids is 1. The molecule has 120 valence electrons. The molecule has 1 amide bonds. The van der Waals surface area contributed by atoms with Crippen molar-refractivity contribution in [2.75, 3.05) is 5.32 Å². The summed E-state index contributed by atoms with van der Waals surface area (Å²) >= 11 is 0. The van der Waals surface area contributed by atoms with Gasteiger partial charge in [-0.25, -0.2) is 4.98 Å². The van der Waals surface area contributed by atoms with Gasteiger partial charge in [-0.1, -0.05) is 0 Å². The van der Waals surface area contributed by atoms with Gasteiger partial charge in [-0.15, -0.1) is 0 Å². The van der Waals surface area contributed by atoms with Crippen LogP contribution in [0.5, 0.6) is 0 Å². The maximum atomic E-state index is 12.5. The van der Waals surface area contributed by atoms with E-state index in [1.54, 1.807) is 47.2 Å². The number of amides is 1. The molecule has 24 heavy (non-hydrogen) atoms. The third-order valence-electron chi connectivity index (χ3n) is 4.02. The maximum Gasteiger partial charge on any atom is 0.261 e. The summed E-state index contributed by atoms with van der Waals surface area (Å²) in [6, 6.07) is 8.70. The molecule has 3 heterocycles. The van der Waals surface area contributed by atoms with Crippen molar-refractivity contribution < 1.29 is 9.21 Å². The van der Waals surface area contributed by atoms with Crippen LogP contribution in [0.25, 0.3) is 17.0 Å². The van der Waals surface area contributed by atoms with Crippen molar-refractivity contribution in [2.45, 2.75) is 19.4 Å². The van der Waals surface area contributed by atoms with Crippen LogP contribution in [0.4, 0.5) is 5.69 Å². The van der Waals surface area contributed by atoms with Gasteiger partial charge in [0.2, 0.25) is 5.91 Å². The minimum atomic E-state index is -0.292. The second kappa shape index (κ2) is 5.81. The van der Waals surface area contributed by atoms with Gasteiger partial charge in [0.25, 0.3) is 5.56 Å². The molecule has 0 unspecified atom stereocenters. The third-order valence-corrected chi connectivity index (χ3v) is 4.02. The summed E-state index contributed by atoms with van der Waals surface area (Å²) in [5, 5.41) is 3.27. The number of furan rings is 1. The van der Waals surface area contributed by atoms with Crippen LogP contribution in [0.15, 0.2) is 51.9 Å². The molecule has 0 radical (unpaired) electrons. The largest absolute Gasteiger partial charge is 0.465 e. The highest BCUT2D eigenvalue weighted by Crippen LogP contribution is 2.18. The van der Waals surface area contributed by atoms with Crippen LogP contribution in [0.3, 0.4) is 0 Å². The normalized spacial score (nSPS) is 13.5. The van der Waals surface area contributed by atoms with Gasteiger partial charge < -0.3 is 9.73 Å². The van der Waals surface area contributed by atoms with Crippen molar-refractivity contribution in [1.29, 1.82) is 0 Å². The first-order chi connectivity index (χ1) is 11.7. The Morgan fingerprint density at radius 2 is 2.25 bits per heavy atom. The van der Waals surface area contributed by atoms with Gasteiger partial charge in [0.1, 0.15) is 11.6 Å². The fraction of sp³-hybridized carbons (Fsp3) is 0.167. The first-order valence-electron chi connectivity index (χ1n) is 7.77. The predicted octanol–water partition coefficient (Wildman–Crippen LogP) is 2.59. The molecule has 1 aromatic carbocycles. The molecule has 0 fully saturated rings. The molecule has 1 N–H and O–H groups in total. The number of rotatable bonds is 3. The standard InChI is InChI=1S/C18H15N3O3/c22-17(8-6-13-3-2-10-24-13)19-12-5-7-15-14(11-12)18(23)21-9-1-4-16(21)20-15/h2-3,5-8,10-11H,1,4,9H2,(H,19,22)/b8-6+. The lowest BCUT2D eigenvalue weighted by Gasteiger charge is -2.07. The monoisotopic (exact) mass is 321 g/mol. The fourth-order valence-electron chi connectivity index (χ4n) is 2.89. The average molecular weight is 321 g/mol. The van der Waals surface area contributed by atoms with E-state index in [0.717, 1.165) is 18.7 Å². The van der Waals surface area contributed by atoms with E-state index in [-0.39, 0.29) is 11.5 Å². The minimum absolute atomic E-state index is 0.0465. The zero-order valence-electron chi connectivity index (χ0n) is 12.9. The number of anilines is 1. The predicted molar refractivity (Wildman–Crippen MR) is 90.7 cm³/mol. The number of aryl methyl sites for hydroxylation is 1. The maximum absolute atomic E-state index is 12.5. The first kappa shape index (κ1) is 14.4. The van der Waals surface area contributed by atoms with Crippen molar-refractivity contribution in [3.63, 3.8) is 0 Å². The zero-order valence-corrected chi connectivity index (χ0v) is 12.9. The van der Waals surface area contributed by atoms with Gasteiger partial charge in [-0.05, 0) is 42.8 Å². The molecule has 6 heteroatoms. The van der Waals surface area contributed by atoms with Crippen molar-refractivity contribution in [3.05, 3.63) is 64.6 Å². The van der Waals surface area contributed by atoms with E-state index in [0.29, 0.717) is 28.9 Å². The van der Waals surface area contributed by atoms with Gasteiger partial charge in [-0.3, -0.25) is 14.2 Å². The van der Waals surface area contributed by atoms with Crippen LogP contribution in [0.1, 0.15) is 18.0 Å². The Morgan fingerprint density at radius 1 is 1.33 bits per heavy atom. The van der Waals surface area contributed by atoms with E-state index >= 15 is 0 Å². The molecular formula is C18H15N3O3. The number of benzene rings is 1. The molecule has 0 atom stereocenters. The number of hydrogen-bond acceptors (Lipinski definition) is 4. The molecule has 3 aromatic rings. The molecule has 1 aliphatic rings. The lowest BCUT2D eigenvalue weighted by Crippen LogP contribution is -2.21. The van der Waals surface area contributed by atoms with Crippen molar-refractivity contribution >= 4 is 28.6 Å². The number of hydrogen-bond donors (Lipinski definition) is 1. The molecule has 1 aliphatic heterocycles. The quantitative estimate of drug-likeness (QED) is 0.752. The van der Waals surface area contributed by atoms with Crippen LogP contribution in [0, 0.1) is 0 Å². The Balaban J connectivity index is 1.61. The average Bonchev–Trinajstić information content (AvgIpc) is 3.25. The Kier molecular flexibility index (Phi) is 3.49. The highest BCUT2D eigenvalue weighted by atomic mass is 16.3. The fourth-order valence-corrected chi connectivity index (χ4v) is 2.89. The zero-order chi connectivity index (χ0) is 16.5. The van der Waals surface area contributed by atoms with E-state index in [1.807, 2.05) is 0 Å². The first-order valence-corrected chi connectivity index (χ1v) is 7.77. The summed E-state index contributed by atoms with van der Waals surface area (Å²) in [6.45, 7) is 0.708. The number of nitrogens with zero attached hydrogens (tertiary/aromatic N) is 2. The molecule has 0 saturated heterocycles. The molecule has 4 rings (SSSR count). The summed E-state index contributed by atoms with van der Waals surface area (Å²) in [6.07, 6.45) is 6.29. The Morgan fingerprint density at radius 3 is 3.08 bits per heavy atom. The van der Waals surface area contributed by atoms with Crippen LogP contribution < -0.4 is 10.9 Å². The lowest BCUT2D eigenvalue weighted by atomic mass is 10.2. The van der Waals surface area contributed by atoms with Crippen LogP contribution in [-0.2, 0) is 17.8 Å². The van der Waals surface area contributed by atoms with Gasteiger partial charge in [0.05, 0.1) is 17.2 Å². The second-order valence-electron chi connectivity index (χ2n) is 5.66. The SMILES string of the molecule is O=C(/C=C/c1ccco1)Nc1ccc2nc3n(c(=O)c2c1)CCC3. The topological polar surface area (TPSA) is 77.1 Å². The van der Waals surface area contributed by atoms with Gasteiger partial charge in [0.15, 0.2) is 0 Å². The van der Waals surface area contributed by atoms with E-state index < -0.39 is 0 Å². The number of fused-ring (bicyclic) bond motifs is 2. The van der Waals surface area contributed by atoms with Crippen LogP contribution in [0.2, 0.25) is 0 Å². The highest BCUT2D eigenvalue weighted by molar-refractivity contribution is 6.02. The molecule has 0 aliphatic carbocycles. The van der Waals surface area contributed by atoms with Crippen molar-refractivity contribution in [2.24, 2.45) is 0 Å². The van der Waals surface area contributed by atoms with E-state index in [2.05, 4.69) is 10.3 Å². The molecular weight excluding hydrogens is 306 g/mol.